The second kappa shape index (κ2) is 6.33. The summed E-state index contributed by atoms with van der Waals surface area (Å²) in [5.41, 5.74) is 5.66. The van der Waals surface area contributed by atoms with E-state index in [1.807, 2.05) is 0 Å². The Labute approximate surface area is 116 Å². The Morgan fingerprint density at radius 2 is 2.17 bits per heavy atom. The highest BCUT2D eigenvalue weighted by Crippen LogP contribution is 2.15. The fourth-order valence-electron chi connectivity index (χ4n) is 2.13. The number of nitrogens with two attached hydrogens (primary N) is 1. The normalized spacial score (nSPS) is 17.9. The predicted octanol–water partition coefficient (Wildman–Crippen LogP) is 1.97. The number of likely N-dealkylation sites (tertiary alicyclic amines) is 1. The van der Waals surface area contributed by atoms with Gasteiger partial charge in [0.25, 0.3) is 0 Å². The van der Waals surface area contributed by atoms with E-state index in [9.17, 15) is 0 Å². The molecule has 0 unspecified atom stereocenters. The average Bonchev–Trinajstić information content (AvgIpc) is 2.30. The lowest BCUT2D eigenvalue weighted by molar-refractivity contribution is 0.199. The fourth-order valence-corrected chi connectivity index (χ4v) is 2.53. The summed E-state index contributed by atoms with van der Waals surface area (Å²) >= 11 is 3.31. The van der Waals surface area contributed by atoms with Crippen molar-refractivity contribution < 1.29 is 0 Å². The molecule has 0 aliphatic carbocycles. The molecule has 100 valence electrons. The van der Waals surface area contributed by atoms with Gasteiger partial charge in [0.15, 0.2) is 0 Å². The van der Waals surface area contributed by atoms with Crippen LogP contribution in [0.15, 0.2) is 10.7 Å². The van der Waals surface area contributed by atoms with Crippen LogP contribution < -0.4 is 11.1 Å². The van der Waals surface area contributed by atoms with E-state index in [1.54, 1.807) is 6.07 Å². The van der Waals surface area contributed by atoms with Gasteiger partial charge in [-0.3, -0.25) is 0 Å². The van der Waals surface area contributed by atoms with Crippen LogP contribution in [0.25, 0.3) is 0 Å². The van der Waals surface area contributed by atoms with Gasteiger partial charge in [0, 0.05) is 19.2 Å². The highest BCUT2D eigenvalue weighted by molar-refractivity contribution is 9.10. The van der Waals surface area contributed by atoms with Gasteiger partial charge in [-0.05, 0) is 47.8 Å². The molecule has 3 N–H and O–H groups in total. The lowest BCUT2D eigenvalue weighted by Gasteiger charge is -2.30. The molecular weight excluding hydrogens is 294 g/mol. The molecule has 0 aromatic carbocycles. The third kappa shape index (κ3) is 4.10. The molecule has 2 heterocycles. The van der Waals surface area contributed by atoms with Crippen molar-refractivity contribution in [3.8, 4) is 0 Å². The van der Waals surface area contributed by atoms with E-state index in [-0.39, 0.29) is 0 Å². The molecule has 6 heteroatoms. The van der Waals surface area contributed by atoms with Crippen molar-refractivity contribution in [2.45, 2.75) is 19.8 Å². The van der Waals surface area contributed by atoms with Crippen molar-refractivity contribution in [2.75, 3.05) is 37.2 Å². The number of nitrogens with zero attached hydrogens (tertiary/aromatic N) is 3. The van der Waals surface area contributed by atoms with E-state index in [1.165, 1.54) is 25.9 Å². The van der Waals surface area contributed by atoms with Crippen molar-refractivity contribution >= 4 is 27.7 Å². The van der Waals surface area contributed by atoms with Gasteiger partial charge in [-0.1, -0.05) is 6.92 Å². The predicted molar refractivity (Wildman–Crippen MR) is 77.5 cm³/mol. The molecule has 0 saturated carbocycles. The molecule has 5 nitrogen and oxygen atoms in total. The van der Waals surface area contributed by atoms with Crippen molar-refractivity contribution in [3.63, 3.8) is 0 Å². The van der Waals surface area contributed by atoms with Crippen LogP contribution in [0.3, 0.4) is 0 Å². The quantitative estimate of drug-likeness (QED) is 0.832. The number of hydrogen-bond donors (Lipinski definition) is 2. The number of aromatic nitrogens is 2. The van der Waals surface area contributed by atoms with Gasteiger partial charge < -0.3 is 16.0 Å². The van der Waals surface area contributed by atoms with Crippen LogP contribution in [0.2, 0.25) is 0 Å². The second-order valence-corrected chi connectivity index (χ2v) is 5.70. The smallest absolute Gasteiger partial charge is 0.225 e. The minimum atomic E-state index is 0.478. The minimum Gasteiger partial charge on any atom is -0.383 e. The Morgan fingerprint density at radius 1 is 1.44 bits per heavy atom. The van der Waals surface area contributed by atoms with E-state index >= 15 is 0 Å². The van der Waals surface area contributed by atoms with E-state index in [0.717, 1.165) is 19.0 Å². The van der Waals surface area contributed by atoms with Gasteiger partial charge in [-0.2, -0.15) is 4.98 Å². The van der Waals surface area contributed by atoms with E-state index in [4.69, 9.17) is 5.73 Å². The zero-order valence-corrected chi connectivity index (χ0v) is 12.3. The first kappa shape index (κ1) is 13.5. The second-order valence-electron chi connectivity index (χ2n) is 4.89. The van der Waals surface area contributed by atoms with Crippen LogP contribution in [0.5, 0.6) is 0 Å². The molecule has 0 amide bonds. The Morgan fingerprint density at radius 3 is 2.83 bits per heavy atom. The number of nitrogen functional groups attached to an aromatic ring is 1. The molecule has 0 radical (unpaired) electrons. The Hall–Kier alpha value is -0.880. The van der Waals surface area contributed by atoms with E-state index < -0.39 is 0 Å². The zero-order valence-electron chi connectivity index (χ0n) is 10.7. The number of halogens is 1. The van der Waals surface area contributed by atoms with Crippen LogP contribution in [0, 0.1) is 5.92 Å². The number of hydrogen-bond acceptors (Lipinski definition) is 5. The number of nitrogens with one attached hydrogen (secondary N) is 1. The summed E-state index contributed by atoms with van der Waals surface area (Å²) in [4.78, 5) is 10.8. The third-order valence-electron chi connectivity index (χ3n) is 3.30. The molecule has 1 saturated heterocycles. The largest absolute Gasteiger partial charge is 0.383 e. The Kier molecular flexibility index (Phi) is 4.77. The van der Waals surface area contributed by atoms with Crippen molar-refractivity contribution in [1.82, 2.24) is 14.9 Å². The summed E-state index contributed by atoms with van der Waals surface area (Å²) < 4.78 is 0.712. The molecular formula is C12H20BrN5. The molecule has 0 atom stereocenters. The van der Waals surface area contributed by atoms with Gasteiger partial charge in [-0.25, -0.2) is 4.98 Å². The molecule has 2 rings (SSSR count). The summed E-state index contributed by atoms with van der Waals surface area (Å²) in [5, 5.41) is 3.21. The van der Waals surface area contributed by atoms with Gasteiger partial charge in [0.2, 0.25) is 5.95 Å². The van der Waals surface area contributed by atoms with Gasteiger partial charge in [0.1, 0.15) is 10.4 Å². The highest BCUT2D eigenvalue weighted by atomic mass is 79.9. The Balaban J connectivity index is 1.74. The van der Waals surface area contributed by atoms with Crippen LogP contribution in [-0.4, -0.2) is 41.0 Å². The number of anilines is 2. The summed E-state index contributed by atoms with van der Waals surface area (Å²) in [7, 11) is 0. The van der Waals surface area contributed by atoms with Crippen LogP contribution in [0.4, 0.5) is 11.8 Å². The first-order valence-electron chi connectivity index (χ1n) is 6.40. The molecule has 0 spiro atoms. The first-order valence-corrected chi connectivity index (χ1v) is 7.19. The molecule has 1 fully saturated rings. The standard InChI is InChI=1S/C12H20BrN5/c1-9-2-5-18(6-3-9)7-4-15-12-16-10(13)8-11(14)17-12/h8-9H,2-7H2,1H3,(H3,14,15,16,17). The van der Waals surface area contributed by atoms with Crippen molar-refractivity contribution in [1.29, 1.82) is 0 Å². The molecule has 1 aromatic heterocycles. The SMILES string of the molecule is CC1CCN(CCNc2nc(N)cc(Br)n2)CC1. The van der Waals surface area contributed by atoms with Crippen molar-refractivity contribution in [2.24, 2.45) is 5.92 Å². The molecule has 1 aromatic rings. The molecule has 18 heavy (non-hydrogen) atoms. The van der Waals surface area contributed by atoms with Crippen LogP contribution in [0.1, 0.15) is 19.8 Å². The summed E-state index contributed by atoms with van der Waals surface area (Å²) in [5.74, 6) is 1.95. The first-order chi connectivity index (χ1) is 8.63. The maximum absolute atomic E-state index is 5.66. The monoisotopic (exact) mass is 313 g/mol. The minimum absolute atomic E-state index is 0.478. The van der Waals surface area contributed by atoms with Crippen molar-refractivity contribution in [3.05, 3.63) is 10.7 Å². The number of piperidine rings is 1. The van der Waals surface area contributed by atoms with Crippen LogP contribution in [-0.2, 0) is 0 Å². The lowest BCUT2D eigenvalue weighted by Crippen LogP contribution is -2.36. The Bertz CT molecular complexity index is 370. The molecule has 0 bridgehead atoms. The van der Waals surface area contributed by atoms with E-state index in [2.05, 4.69) is 43.0 Å². The summed E-state index contributed by atoms with van der Waals surface area (Å²) in [6.07, 6.45) is 2.61. The maximum atomic E-state index is 5.66. The average molecular weight is 314 g/mol. The zero-order chi connectivity index (χ0) is 13.0. The van der Waals surface area contributed by atoms with Gasteiger partial charge in [-0.15, -0.1) is 0 Å². The molecule has 1 aliphatic rings. The summed E-state index contributed by atoms with van der Waals surface area (Å²) in [6, 6.07) is 1.69. The molecule has 1 aliphatic heterocycles. The number of rotatable bonds is 4. The van der Waals surface area contributed by atoms with Crippen LogP contribution >= 0.6 is 15.9 Å². The van der Waals surface area contributed by atoms with Gasteiger partial charge >= 0.3 is 0 Å². The summed E-state index contributed by atoms with van der Waals surface area (Å²) in [6.45, 7) is 6.61. The lowest BCUT2D eigenvalue weighted by atomic mass is 9.99. The van der Waals surface area contributed by atoms with Gasteiger partial charge in [0.05, 0.1) is 0 Å². The van der Waals surface area contributed by atoms with E-state index in [0.29, 0.717) is 16.4 Å². The topological polar surface area (TPSA) is 67.1 Å². The maximum Gasteiger partial charge on any atom is 0.225 e. The highest BCUT2D eigenvalue weighted by Gasteiger charge is 2.14. The third-order valence-corrected chi connectivity index (χ3v) is 3.71. The fraction of sp³-hybridized carbons (Fsp3) is 0.667.